The van der Waals surface area contributed by atoms with Gasteiger partial charge in [0, 0.05) is 18.9 Å². The van der Waals surface area contributed by atoms with Crippen molar-refractivity contribution in [2.75, 3.05) is 7.05 Å². The molecule has 0 radical (unpaired) electrons. The average Bonchev–Trinajstić information content (AvgIpc) is 2.95. The highest BCUT2D eigenvalue weighted by molar-refractivity contribution is 5.31. The third-order valence-electron chi connectivity index (χ3n) is 3.17. The monoisotopic (exact) mass is 305 g/mol. The first-order valence-corrected chi connectivity index (χ1v) is 6.13. The maximum atomic E-state index is 13.9. The summed E-state index contributed by atoms with van der Waals surface area (Å²) in [6.45, 7) is 2.19. The van der Waals surface area contributed by atoms with Gasteiger partial charge in [-0.15, -0.1) is 0 Å². The predicted octanol–water partition coefficient (Wildman–Crippen LogP) is 2.91. The van der Waals surface area contributed by atoms with Gasteiger partial charge in [-0.1, -0.05) is 0 Å². The number of rotatable bonds is 4. The van der Waals surface area contributed by atoms with Gasteiger partial charge in [0.25, 0.3) is 0 Å². The summed E-state index contributed by atoms with van der Waals surface area (Å²) in [6, 6.07) is -1.26. The van der Waals surface area contributed by atoms with Crippen LogP contribution in [0.2, 0.25) is 0 Å². The van der Waals surface area contributed by atoms with Crippen molar-refractivity contribution in [1.82, 2.24) is 14.9 Å². The number of nitrogens with zero attached hydrogens (tertiary/aromatic N) is 2. The molecule has 0 amide bonds. The van der Waals surface area contributed by atoms with Crippen LogP contribution >= 0.6 is 0 Å². The summed E-state index contributed by atoms with van der Waals surface area (Å²) in [6.07, 6.45) is 2.93. The normalized spacial score (nSPS) is 12.7. The minimum absolute atomic E-state index is 0.156. The van der Waals surface area contributed by atoms with E-state index in [1.807, 2.05) is 0 Å². The highest BCUT2D eigenvalue weighted by Crippen LogP contribution is 2.30. The quantitative estimate of drug-likeness (QED) is 0.535. The lowest BCUT2D eigenvalue weighted by Crippen LogP contribution is -2.25. The van der Waals surface area contributed by atoms with E-state index in [0.717, 1.165) is 0 Å². The SMILES string of the molecule is CCn1ccnc1C(NC)c1c(F)c(F)c(F)c(F)c1F. The summed E-state index contributed by atoms with van der Waals surface area (Å²) < 4.78 is 69.0. The summed E-state index contributed by atoms with van der Waals surface area (Å²) in [7, 11) is 1.34. The first-order chi connectivity index (χ1) is 9.93. The largest absolute Gasteiger partial charge is 0.334 e. The molecule has 0 aliphatic heterocycles. The lowest BCUT2D eigenvalue weighted by Gasteiger charge is -2.19. The fourth-order valence-electron chi connectivity index (χ4n) is 2.13. The Morgan fingerprint density at radius 2 is 1.57 bits per heavy atom. The molecule has 0 saturated heterocycles. The van der Waals surface area contributed by atoms with E-state index in [1.165, 1.54) is 13.2 Å². The van der Waals surface area contributed by atoms with Gasteiger partial charge in [-0.05, 0) is 14.0 Å². The van der Waals surface area contributed by atoms with E-state index in [0.29, 0.717) is 6.54 Å². The number of hydrogen-bond donors (Lipinski definition) is 1. The van der Waals surface area contributed by atoms with Crippen molar-refractivity contribution in [2.45, 2.75) is 19.5 Å². The molecule has 1 atom stereocenters. The number of halogens is 5. The van der Waals surface area contributed by atoms with Crippen LogP contribution in [-0.2, 0) is 6.54 Å². The number of aryl methyl sites for hydroxylation is 1. The van der Waals surface area contributed by atoms with Gasteiger partial charge in [-0.2, -0.15) is 0 Å². The fourth-order valence-corrected chi connectivity index (χ4v) is 2.13. The van der Waals surface area contributed by atoms with Crippen molar-refractivity contribution >= 4 is 0 Å². The second-order valence-electron chi connectivity index (χ2n) is 4.28. The van der Waals surface area contributed by atoms with Crippen LogP contribution in [0.15, 0.2) is 12.4 Å². The summed E-state index contributed by atoms with van der Waals surface area (Å²) in [5, 5.41) is 2.53. The lowest BCUT2D eigenvalue weighted by atomic mass is 10.0. The molecule has 2 aromatic rings. The Hall–Kier alpha value is -1.96. The molecule has 1 unspecified atom stereocenters. The van der Waals surface area contributed by atoms with Crippen LogP contribution < -0.4 is 5.32 Å². The Morgan fingerprint density at radius 1 is 1.05 bits per heavy atom. The maximum Gasteiger partial charge on any atom is 0.200 e. The minimum atomic E-state index is -2.18. The van der Waals surface area contributed by atoms with Gasteiger partial charge < -0.3 is 9.88 Å². The summed E-state index contributed by atoms with van der Waals surface area (Å²) in [4.78, 5) is 3.93. The first kappa shape index (κ1) is 15.4. The molecule has 3 nitrogen and oxygen atoms in total. The molecule has 1 aromatic carbocycles. The van der Waals surface area contributed by atoms with Crippen molar-refractivity contribution in [3.05, 3.63) is 52.9 Å². The van der Waals surface area contributed by atoms with E-state index >= 15 is 0 Å². The van der Waals surface area contributed by atoms with Gasteiger partial charge in [0.1, 0.15) is 5.82 Å². The third kappa shape index (κ3) is 2.39. The van der Waals surface area contributed by atoms with Crippen LogP contribution in [0.4, 0.5) is 22.0 Å². The van der Waals surface area contributed by atoms with Crippen LogP contribution in [0.3, 0.4) is 0 Å². The van der Waals surface area contributed by atoms with Crippen LogP contribution in [-0.4, -0.2) is 16.6 Å². The molecule has 0 aliphatic carbocycles. The predicted molar refractivity (Wildman–Crippen MR) is 65.0 cm³/mol. The zero-order chi connectivity index (χ0) is 15.7. The number of imidazole rings is 1. The summed E-state index contributed by atoms with van der Waals surface area (Å²) >= 11 is 0. The number of aromatic nitrogens is 2. The van der Waals surface area contributed by atoms with Crippen molar-refractivity contribution in [2.24, 2.45) is 0 Å². The van der Waals surface area contributed by atoms with Crippen molar-refractivity contribution < 1.29 is 22.0 Å². The van der Waals surface area contributed by atoms with Crippen molar-refractivity contribution in [1.29, 1.82) is 0 Å². The Labute approximate surface area is 117 Å². The van der Waals surface area contributed by atoms with Crippen LogP contribution in [0, 0.1) is 29.1 Å². The molecule has 0 aliphatic rings. The molecule has 8 heteroatoms. The Morgan fingerprint density at radius 3 is 2.05 bits per heavy atom. The molecule has 0 saturated carbocycles. The summed E-state index contributed by atoms with van der Waals surface area (Å²) in [5.74, 6) is -9.70. The first-order valence-electron chi connectivity index (χ1n) is 6.13. The number of benzene rings is 1. The highest BCUT2D eigenvalue weighted by Gasteiger charge is 2.32. The smallest absolute Gasteiger partial charge is 0.200 e. The van der Waals surface area contributed by atoms with E-state index in [2.05, 4.69) is 10.3 Å². The molecule has 114 valence electrons. The van der Waals surface area contributed by atoms with Gasteiger partial charge >= 0.3 is 0 Å². The van der Waals surface area contributed by atoms with Crippen LogP contribution in [0.25, 0.3) is 0 Å². The molecule has 0 bridgehead atoms. The molecule has 1 N–H and O–H groups in total. The average molecular weight is 305 g/mol. The zero-order valence-corrected chi connectivity index (χ0v) is 11.2. The van der Waals surface area contributed by atoms with Gasteiger partial charge in [-0.25, -0.2) is 26.9 Å². The van der Waals surface area contributed by atoms with Crippen molar-refractivity contribution in [3.63, 3.8) is 0 Å². The Bertz CT molecular complexity index is 639. The third-order valence-corrected chi connectivity index (χ3v) is 3.17. The standard InChI is InChI=1S/C13H12F5N3/c1-3-21-5-4-20-13(21)12(19-2)6-7(14)9(16)11(18)10(17)8(6)15/h4-5,12,19H,3H2,1-2H3. The Balaban J connectivity index is 2.69. The molecule has 21 heavy (non-hydrogen) atoms. The van der Waals surface area contributed by atoms with Crippen LogP contribution in [0.1, 0.15) is 24.4 Å². The van der Waals surface area contributed by atoms with E-state index < -0.39 is 40.7 Å². The highest BCUT2D eigenvalue weighted by atomic mass is 19.2. The molecular formula is C13H12F5N3. The number of hydrogen-bond acceptors (Lipinski definition) is 2. The molecule has 1 heterocycles. The molecule has 0 spiro atoms. The molecule has 0 fully saturated rings. The zero-order valence-electron chi connectivity index (χ0n) is 11.2. The lowest BCUT2D eigenvalue weighted by molar-refractivity contribution is 0.361. The summed E-state index contributed by atoms with van der Waals surface area (Å²) in [5.41, 5.74) is -0.949. The van der Waals surface area contributed by atoms with Gasteiger partial charge in [0.05, 0.1) is 11.6 Å². The second kappa shape index (κ2) is 5.80. The molecule has 2 rings (SSSR count). The van der Waals surface area contributed by atoms with E-state index in [-0.39, 0.29) is 5.82 Å². The van der Waals surface area contributed by atoms with E-state index in [9.17, 15) is 22.0 Å². The van der Waals surface area contributed by atoms with Gasteiger partial charge in [0.15, 0.2) is 23.3 Å². The van der Waals surface area contributed by atoms with Crippen molar-refractivity contribution in [3.8, 4) is 0 Å². The topological polar surface area (TPSA) is 29.9 Å². The molecule has 1 aromatic heterocycles. The Kier molecular flexibility index (Phi) is 4.26. The van der Waals surface area contributed by atoms with Gasteiger partial charge in [-0.3, -0.25) is 0 Å². The van der Waals surface area contributed by atoms with E-state index in [4.69, 9.17) is 0 Å². The minimum Gasteiger partial charge on any atom is -0.334 e. The van der Waals surface area contributed by atoms with Crippen LogP contribution in [0.5, 0.6) is 0 Å². The van der Waals surface area contributed by atoms with E-state index in [1.54, 1.807) is 17.7 Å². The fraction of sp³-hybridized carbons (Fsp3) is 0.308. The molecular weight excluding hydrogens is 293 g/mol. The second-order valence-corrected chi connectivity index (χ2v) is 4.28. The maximum absolute atomic E-state index is 13.9. The van der Waals surface area contributed by atoms with Gasteiger partial charge in [0.2, 0.25) is 5.82 Å². The number of nitrogens with one attached hydrogen (secondary N) is 1.